The summed E-state index contributed by atoms with van der Waals surface area (Å²) in [5, 5.41) is 2.86. The zero-order valence-electron chi connectivity index (χ0n) is 12.9. The number of hydrogen-bond acceptors (Lipinski definition) is 4. The number of pyridine rings is 1. The molecule has 3 rings (SSSR count). The molecule has 6 heteroatoms. The van der Waals surface area contributed by atoms with Crippen LogP contribution in [-0.2, 0) is 11.3 Å². The van der Waals surface area contributed by atoms with Gasteiger partial charge in [-0.15, -0.1) is 0 Å². The van der Waals surface area contributed by atoms with Gasteiger partial charge >= 0.3 is 0 Å². The fraction of sp³-hybridized carbons (Fsp3) is 0.294. The van der Waals surface area contributed by atoms with Crippen molar-refractivity contribution >= 4 is 17.3 Å². The summed E-state index contributed by atoms with van der Waals surface area (Å²) in [6.07, 6.45) is 3.74. The lowest BCUT2D eigenvalue weighted by atomic mass is 10.1. The Bertz CT molecular complexity index is 721. The number of fused-ring (bicyclic) bond motifs is 1. The van der Waals surface area contributed by atoms with Gasteiger partial charge in [0.25, 0.3) is 0 Å². The Morgan fingerprint density at radius 3 is 3.04 bits per heavy atom. The minimum absolute atomic E-state index is 0.0298. The number of carbonyl (C=O) groups is 1. The number of ether oxygens (including phenoxy) is 1. The third-order valence-electron chi connectivity index (χ3n) is 3.69. The molecule has 1 amide bonds. The molecule has 0 fully saturated rings. The van der Waals surface area contributed by atoms with Gasteiger partial charge in [-0.05, 0) is 30.7 Å². The van der Waals surface area contributed by atoms with Crippen LogP contribution in [0.3, 0.4) is 0 Å². The van der Waals surface area contributed by atoms with Crippen molar-refractivity contribution in [2.24, 2.45) is 0 Å². The zero-order chi connectivity index (χ0) is 16.2. The molecular formula is C17H18FN3O2. The van der Waals surface area contributed by atoms with E-state index in [0.29, 0.717) is 26.1 Å². The third-order valence-corrected chi connectivity index (χ3v) is 3.69. The van der Waals surface area contributed by atoms with Gasteiger partial charge in [-0.2, -0.15) is 0 Å². The minimum Gasteiger partial charge on any atom is -0.491 e. The first-order valence-electron chi connectivity index (χ1n) is 7.57. The van der Waals surface area contributed by atoms with E-state index in [1.165, 1.54) is 6.07 Å². The molecule has 0 bridgehead atoms. The van der Waals surface area contributed by atoms with Crippen molar-refractivity contribution in [1.29, 1.82) is 0 Å². The summed E-state index contributed by atoms with van der Waals surface area (Å²) in [7, 11) is 0. The largest absolute Gasteiger partial charge is 0.491 e. The Balaban J connectivity index is 1.85. The molecule has 0 spiro atoms. The molecule has 5 nitrogen and oxygen atoms in total. The summed E-state index contributed by atoms with van der Waals surface area (Å²) in [4.78, 5) is 17.9. The van der Waals surface area contributed by atoms with Crippen molar-refractivity contribution in [2.45, 2.75) is 19.9 Å². The third kappa shape index (κ3) is 3.41. The Labute approximate surface area is 134 Å². The Morgan fingerprint density at radius 1 is 1.39 bits per heavy atom. The van der Waals surface area contributed by atoms with E-state index in [0.717, 1.165) is 16.9 Å². The molecule has 0 radical (unpaired) electrons. The summed E-state index contributed by atoms with van der Waals surface area (Å²) < 4.78 is 19.2. The molecule has 0 saturated carbocycles. The molecule has 0 saturated heterocycles. The molecule has 0 unspecified atom stereocenters. The van der Waals surface area contributed by atoms with Crippen molar-refractivity contribution < 1.29 is 13.9 Å². The van der Waals surface area contributed by atoms with Crippen LogP contribution >= 0.6 is 0 Å². The van der Waals surface area contributed by atoms with E-state index in [1.54, 1.807) is 24.5 Å². The zero-order valence-corrected chi connectivity index (χ0v) is 12.9. The van der Waals surface area contributed by atoms with Gasteiger partial charge in [-0.25, -0.2) is 4.39 Å². The second kappa shape index (κ2) is 6.64. The highest BCUT2D eigenvalue weighted by Gasteiger charge is 2.19. The first kappa shape index (κ1) is 15.3. The Hall–Kier alpha value is -2.63. The quantitative estimate of drug-likeness (QED) is 0.942. The average molecular weight is 315 g/mol. The summed E-state index contributed by atoms with van der Waals surface area (Å²) >= 11 is 0. The van der Waals surface area contributed by atoms with E-state index in [4.69, 9.17) is 4.74 Å². The fourth-order valence-electron chi connectivity index (χ4n) is 2.61. The van der Waals surface area contributed by atoms with Gasteiger partial charge < -0.3 is 15.0 Å². The molecular weight excluding hydrogens is 297 g/mol. The number of nitrogens with one attached hydrogen (secondary N) is 1. The van der Waals surface area contributed by atoms with Crippen LogP contribution in [0.2, 0.25) is 0 Å². The second-order valence-corrected chi connectivity index (χ2v) is 5.31. The van der Waals surface area contributed by atoms with Gasteiger partial charge in [0.05, 0.1) is 24.2 Å². The molecule has 120 valence electrons. The van der Waals surface area contributed by atoms with Gasteiger partial charge in [0.1, 0.15) is 0 Å². The number of anilines is 2. The van der Waals surface area contributed by atoms with Crippen LogP contribution in [-0.4, -0.2) is 24.0 Å². The van der Waals surface area contributed by atoms with Gasteiger partial charge in [0.15, 0.2) is 11.6 Å². The summed E-state index contributed by atoms with van der Waals surface area (Å²) in [5.41, 5.74) is 2.39. The molecule has 23 heavy (non-hydrogen) atoms. The smallest absolute Gasteiger partial charge is 0.226 e. The topological polar surface area (TPSA) is 54.5 Å². The Morgan fingerprint density at radius 2 is 2.26 bits per heavy atom. The molecule has 1 aliphatic rings. The first-order chi connectivity index (χ1) is 11.2. The number of nitrogens with zero attached hydrogens (tertiary/aromatic N) is 2. The molecule has 1 aromatic heterocycles. The number of hydrogen-bond donors (Lipinski definition) is 1. The van der Waals surface area contributed by atoms with Crippen molar-refractivity contribution in [3.63, 3.8) is 0 Å². The molecule has 2 heterocycles. The predicted octanol–water partition coefficient (Wildman–Crippen LogP) is 2.97. The number of halogens is 1. The van der Waals surface area contributed by atoms with E-state index in [-0.39, 0.29) is 17.5 Å². The molecule has 1 aliphatic heterocycles. The fourth-order valence-corrected chi connectivity index (χ4v) is 2.61. The normalized spacial score (nSPS) is 14.0. The highest BCUT2D eigenvalue weighted by atomic mass is 19.1. The molecule has 1 N–H and O–H groups in total. The van der Waals surface area contributed by atoms with Gasteiger partial charge in [-0.1, -0.05) is 6.07 Å². The van der Waals surface area contributed by atoms with E-state index in [2.05, 4.69) is 10.3 Å². The number of rotatable bonds is 4. The Kier molecular flexibility index (Phi) is 4.41. The minimum atomic E-state index is -0.375. The second-order valence-electron chi connectivity index (χ2n) is 5.31. The SMILES string of the molecule is CCOc1ccc(CN2CCC(=O)Nc3ccncc32)cc1F. The summed E-state index contributed by atoms with van der Waals surface area (Å²) in [6.45, 7) is 3.30. The number of carbonyl (C=O) groups excluding carboxylic acids is 1. The molecule has 0 aliphatic carbocycles. The maximum absolute atomic E-state index is 14.0. The summed E-state index contributed by atoms with van der Waals surface area (Å²) in [5.74, 6) is -0.149. The maximum atomic E-state index is 14.0. The van der Waals surface area contributed by atoms with Crippen molar-refractivity contribution in [2.75, 3.05) is 23.4 Å². The number of benzene rings is 1. The highest BCUT2D eigenvalue weighted by molar-refractivity contribution is 5.95. The maximum Gasteiger partial charge on any atom is 0.226 e. The van der Waals surface area contributed by atoms with Crippen molar-refractivity contribution in [3.8, 4) is 5.75 Å². The van der Waals surface area contributed by atoms with E-state index < -0.39 is 0 Å². The van der Waals surface area contributed by atoms with Crippen LogP contribution in [0.25, 0.3) is 0 Å². The number of aromatic nitrogens is 1. The molecule has 2 aromatic rings. The van der Waals surface area contributed by atoms with Crippen molar-refractivity contribution in [1.82, 2.24) is 4.98 Å². The van der Waals surface area contributed by atoms with Gasteiger partial charge in [0, 0.05) is 25.7 Å². The highest BCUT2D eigenvalue weighted by Crippen LogP contribution is 2.29. The standard InChI is InChI=1S/C17H18FN3O2/c1-2-23-16-4-3-12(9-13(16)18)11-21-8-6-17(22)20-14-5-7-19-10-15(14)21/h3-5,7,9-10H,2,6,8,11H2,1H3,(H,20,22). The lowest BCUT2D eigenvalue weighted by Gasteiger charge is -2.23. The molecule has 0 atom stereocenters. The van der Waals surface area contributed by atoms with Crippen LogP contribution in [0, 0.1) is 5.82 Å². The van der Waals surface area contributed by atoms with Gasteiger partial charge in [-0.3, -0.25) is 9.78 Å². The van der Waals surface area contributed by atoms with E-state index in [9.17, 15) is 9.18 Å². The molecule has 1 aromatic carbocycles. The van der Waals surface area contributed by atoms with Crippen LogP contribution in [0.1, 0.15) is 18.9 Å². The van der Waals surface area contributed by atoms with Crippen LogP contribution in [0.5, 0.6) is 5.75 Å². The van der Waals surface area contributed by atoms with Crippen LogP contribution in [0.4, 0.5) is 15.8 Å². The van der Waals surface area contributed by atoms with Crippen molar-refractivity contribution in [3.05, 3.63) is 48.0 Å². The first-order valence-corrected chi connectivity index (χ1v) is 7.57. The predicted molar refractivity (Wildman–Crippen MR) is 86.1 cm³/mol. The average Bonchev–Trinajstić information content (AvgIpc) is 2.69. The van der Waals surface area contributed by atoms with Gasteiger partial charge in [0.2, 0.25) is 5.91 Å². The monoisotopic (exact) mass is 315 g/mol. The van der Waals surface area contributed by atoms with E-state index >= 15 is 0 Å². The lowest BCUT2D eigenvalue weighted by molar-refractivity contribution is -0.115. The summed E-state index contributed by atoms with van der Waals surface area (Å²) in [6, 6.07) is 6.72. The number of amides is 1. The van der Waals surface area contributed by atoms with Crippen LogP contribution < -0.4 is 15.0 Å². The van der Waals surface area contributed by atoms with E-state index in [1.807, 2.05) is 17.9 Å². The van der Waals surface area contributed by atoms with Crippen LogP contribution in [0.15, 0.2) is 36.7 Å². The lowest BCUT2D eigenvalue weighted by Crippen LogP contribution is -2.24.